The van der Waals surface area contributed by atoms with Crippen LogP contribution in [0.15, 0.2) is 48.5 Å². The molecule has 206 valence electrons. The van der Waals surface area contributed by atoms with Gasteiger partial charge in [-0.2, -0.15) is 0 Å². The second-order valence-electron chi connectivity index (χ2n) is 8.02. The molecule has 0 heterocycles. The standard InChI is InChI=1S/C30H38O8/c1-5-33-27(29(31)35-7-3)21-23-11-15-25(16-12-23)37-19-9-10-20-38-26-17-13-24(14-18-26)22-28(34-6-2)30(32)36-8-4/h11-18,27-28H,5-8,19-22H2,1-4H3. The monoisotopic (exact) mass is 526 g/mol. The molecule has 2 atom stereocenters. The van der Waals surface area contributed by atoms with E-state index in [1.54, 1.807) is 13.8 Å². The highest BCUT2D eigenvalue weighted by atomic mass is 16.6. The summed E-state index contributed by atoms with van der Waals surface area (Å²) in [6.07, 6.45) is -0.372. The van der Waals surface area contributed by atoms with Gasteiger partial charge in [0.05, 0.1) is 13.2 Å². The first kappa shape index (κ1) is 30.7. The Bertz CT molecular complexity index is 939. The van der Waals surface area contributed by atoms with Crippen molar-refractivity contribution in [1.82, 2.24) is 0 Å². The minimum atomic E-state index is -0.620. The quantitative estimate of drug-likeness (QED) is 0.238. The van der Waals surface area contributed by atoms with Gasteiger partial charge in [0.2, 0.25) is 0 Å². The van der Waals surface area contributed by atoms with Gasteiger partial charge in [-0.3, -0.25) is 0 Å². The summed E-state index contributed by atoms with van der Waals surface area (Å²) < 4.78 is 32.5. The molecule has 2 aromatic rings. The van der Waals surface area contributed by atoms with Crippen LogP contribution in [0.5, 0.6) is 11.5 Å². The summed E-state index contributed by atoms with van der Waals surface area (Å²) in [6, 6.07) is 14.9. The van der Waals surface area contributed by atoms with E-state index >= 15 is 0 Å². The van der Waals surface area contributed by atoms with Gasteiger partial charge in [0, 0.05) is 26.1 Å². The zero-order valence-corrected chi connectivity index (χ0v) is 22.7. The van der Waals surface area contributed by atoms with Crippen molar-refractivity contribution in [3.8, 4) is 23.3 Å². The molecule has 2 aromatic carbocycles. The highest BCUT2D eigenvalue weighted by Crippen LogP contribution is 2.16. The van der Waals surface area contributed by atoms with E-state index < -0.39 is 12.2 Å². The summed E-state index contributed by atoms with van der Waals surface area (Å²) in [6.45, 7) is 9.19. The third-order valence-electron chi connectivity index (χ3n) is 5.27. The lowest BCUT2D eigenvalue weighted by molar-refractivity contribution is -0.157. The Kier molecular flexibility index (Phi) is 14.4. The number of carbonyl (C=O) groups excluding carboxylic acids is 2. The number of carbonyl (C=O) groups is 2. The van der Waals surface area contributed by atoms with Crippen LogP contribution in [-0.4, -0.2) is 63.8 Å². The fourth-order valence-electron chi connectivity index (χ4n) is 3.51. The van der Waals surface area contributed by atoms with Gasteiger partial charge in [-0.05, 0) is 63.1 Å². The Labute approximate surface area is 225 Å². The van der Waals surface area contributed by atoms with Gasteiger partial charge in [-0.25, -0.2) is 9.59 Å². The second kappa shape index (κ2) is 17.8. The maximum atomic E-state index is 12.0. The lowest BCUT2D eigenvalue weighted by atomic mass is 10.1. The van der Waals surface area contributed by atoms with Crippen molar-refractivity contribution in [1.29, 1.82) is 0 Å². The molecule has 0 spiro atoms. The van der Waals surface area contributed by atoms with Crippen molar-refractivity contribution in [3.05, 3.63) is 59.7 Å². The van der Waals surface area contributed by atoms with Crippen LogP contribution in [0.2, 0.25) is 0 Å². The van der Waals surface area contributed by atoms with Crippen molar-refractivity contribution < 1.29 is 38.0 Å². The van der Waals surface area contributed by atoms with E-state index in [1.165, 1.54) is 0 Å². The van der Waals surface area contributed by atoms with E-state index in [9.17, 15) is 9.59 Å². The first-order valence-electron chi connectivity index (χ1n) is 13.0. The molecule has 0 aliphatic carbocycles. The molecular formula is C30H38O8. The topological polar surface area (TPSA) is 89.5 Å². The molecule has 0 radical (unpaired) electrons. The lowest BCUT2D eigenvalue weighted by Crippen LogP contribution is -2.28. The van der Waals surface area contributed by atoms with Gasteiger partial charge in [0.25, 0.3) is 0 Å². The van der Waals surface area contributed by atoms with Crippen LogP contribution in [0.3, 0.4) is 0 Å². The molecule has 0 aliphatic heterocycles. The van der Waals surface area contributed by atoms with Gasteiger partial charge >= 0.3 is 11.9 Å². The Morgan fingerprint density at radius 3 is 1.29 bits per heavy atom. The molecule has 2 rings (SSSR count). The van der Waals surface area contributed by atoms with E-state index in [4.69, 9.17) is 28.4 Å². The normalized spacial score (nSPS) is 12.0. The van der Waals surface area contributed by atoms with Gasteiger partial charge in [0.15, 0.2) is 12.2 Å². The first-order chi connectivity index (χ1) is 18.5. The second-order valence-corrected chi connectivity index (χ2v) is 8.02. The third kappa shape index (κ3) is 11.2. The first-order valence-corrected chi connectivity index (χ1v) is 13.0. The van der Waals surface area contributed by atoms with Crippen LogP contribution in [0.4, 0.5) is 0 Å². The Hall–Kier alpha value is -3.54. The number of esters is 2. The molecule has 0 aromatic heterocycles. The van der Waals surface area contributed by atoms with Gasteiger partial charge in [0.1, 0.15) is 24.7 Å². The summed E-state index contributed by atoms with van der Waals surface area (Å²) in [5.74, 6) is 6.50. The van der Waals surface area contributed by atoms with Gasteiger partial charge in [-0.15, -0.1) is 0 Å². The highest BCUT2D eigenvalue weighted by Gasteiger charge is 2.21. The number of hydrogen-bond acceptors (Lipinski definition) is 8. The molecule has 8 heteroatoms. The SMILES string of the molecule is CCOC(=O)C(Cc1ccc(OCC#CCOc2ccc(CC(OCC)C(=O)OCC)cc2)cc1)OCC. The van der Waals surface area contributed by atoms with E-state index in [0.29, 0.717) is 50.8 Å². The average Bonchev–Trinajstić information content (AvgIpc) is 2.92. The zero-order chi connectivity index (χ0) is 27.6. The minimum absolute atomic E-state index is 0.221. The van der Waals surface area contributed by atoms with Crippen molar-refractivity contribution in [2.45, 2.75) is 52.7 Å². The Morgan fingerprint density at radius 1 is 0.605 bits per heavy atom. The third-order valence-corrected chi connectivity index (χ3v) is 5.27. The molecule has 0 saturated carbocycles. The van der Waals surface area contributed by atoms with Gasteiger partial charge < -0.3 is 28.4 Å². The summed E-state index contributed by atoms with van der Waals surface area (Å²) in [7, 11) is 0. The van der Waals surface area contributed by atoms with Crippen LogP contribution in [0.25, 0.3) is 0 Å². The maximum Gasteiger partial charge on any atom is 0.335 e. The summed E-state index contributed by atoms with van der Waals surface area (Å²) >= 11 is 0. The van der Waals surface area contributed by atoms with Crippen molar-refractivity contribution >= 4 is 11.9 Å². The summed E-state index contributed by atoms with van der Waals surface area (Å²) in [4.78, 5) is 24.0. The van der Waals surface area contributed by atoms with E-state index in [1.807, 2.05) is 62.4 Å². The molecule has 0 bridgehead atoms. The maximum absolute atomic E-state index is 12.0. The van der Waals surface area contributed by atoms with Crippen LogP contribution in [-0.2, 0) is 41.4 Å². The number of hydrogen-bond donors (Lipinski definition) is 0. The highest BCUT2D eigenvalue weighted by molar-refractivity contribution is 5.75. The summed E-state index contributed by atoms with van der Waals surface area (Å²) in [5, 5.41) is 0. The Morgan fingerprint density at radius 2 is 0.974 bits per heavy atom. The molecular weight excluding hydrogens is 488 g/mol. The molecule has 0 aliphatic rings. The minimum Gasteiger partial charge on any atom is -0.481 e. The zero-order valence-electron chi connectivity index (χ0n) is 22.7. The molecule has 38 heavy (non-hydrogen) atoms. The number of rotatable bonds is 16. The molecule has 0 fully saturated rings. The number of ether oxygens (including phenoxy) is 6. The predicted molar refractivity (Wildman–Crippen MR) is 143 cm³/mol. The van der Waals surface area contributed by atoms with Crippen molar-refractivity contribution in [2.75, 3.05) is 39.6 Å². The smallest absolute Gasteiger partial charge is 0.335 e. The summed E-state index contributed by atoms with van der Waals surface area (Å²) in [5.41, 5.74) is 1.90. The van der Waals surface area contributed by atoms with Crippen molar-refractivity contribution in [3.63, 3.8) is 0 Å². The van der Waals surface area contributed by atoms with Gasteiger partial charge in [-0.1, -0.05) is 36.1 Å². The van der Waals surface area contributed by atoms with Crippen LogP contribution in [0.1, 0.15) is 38.8 Å². The van der Waals surface area contributed by atoms with E-state index in [-0.39, 0.29) is 25.2 Å². The Balaban J connectivity index is 1.75. The van der Waals surface area contributed by atoms with E-state index in [2.05, 4.69) is 11.8 Å². The average molecular weight is 527 g/mol. The molecule has 0 N–H and O–H groups in total. The van der Waals surface area contributed by atoms with Crippen LogP contribution < -0.4 is 9.47 Å². The molecule has 0 saturated heterocycles. The molecule has 8 nitrogen and oxygen atoms in total. The molecule has 0 amide bonds. The fraction of sp³-hybridized carbons (Fsp3) is 0.467. The fourth-order valence-corrected chi connectivity index (χ4v) is 3.51. The number of benzene rings is 2. The van der Waals surface area contributed by atoms with E-state index in [0.717, 1.165) is 11.1 Å². The van der Waals surface area contributed by atoms with Crippen LogP contribution >= 0.6 is 0 Å². The predicted octanol–water partition coefficient (Wildman–Crippen LogP) is 4.17. The van der Waals surface area contributed by atoms with Crippen molar-refractivity contribution in [2.24, 2.45) is 0 Å². The largest absolute Gasteiger partial charge is 0.481 e. The lowest BCUT2D eigenvalue weighted by Gasteiger charge is -2.15. The molecule has 2 unspecified atom stereocenters. The van der Waals surface area contributed by atoms with Crippen LogP contribution in [0, 0.1) is 11.8 Å².